The number of benzene rings is 4. The minimum absolute atomic E-state index is 0.351. The van der Waals surface area contributed by atoms with Crippen LogP contribution in [0.4, 0.5) is 0 Å². The molecule has 4 aromatic rings. The van der Waals surface area contributed by atoms with Crippen LogP contribution in [0.3, 0.4) is 0 Å². The highest BCUT2D eigenvalue weighted by atomic mass is 35.5. The fraction of sp³-hybridized carbons (Fsp3) is 0.133. The summed E-state index contributed by atoms with van der Waals surface area (Å²) in [6.45, 7) is 3.08. The van der Waals surface area contributed by atoms with Gasteiger partial charge < -0.3 is 14.2 Å². The number of nitrogens with zero attached hydrogens (tertiary/aromatic N) is 1. The quantitative estimate of drug-likeness (QED) is 0.179. The number of hydrogen-bond donors (Lipinski definition) is 1. The van der Waals surface area contributed by atoms with Gasteiger partial charge in [0.25, 0.3) is 5.91 Å². The van der Waals surface area contributed by atoms with Gasteiger partial charge in [0.15, 0.2) is 11.5 Å². The number of hydrazone groups is 1. The molecule has 6 nitrogen and oxygen atoms in total. The second-order valence-corrected chi connectivity index (χ2v) is 8.43. The molecular weight excluding hydrogens is 488 g/mol. The van der Waals surface area contributed by atoms with Crippen LogP contribution in [0.5, 0.6) is 17.2 Å². The van der Waals surface area contributed by atoms with Gasteiger partial charge in [-0.25, -0.2) is 5.43 Å². The Kier molecular flexibility index (Phi) is 9.16. The Bertz CT molecular complexity index is 1360. The molecule has 0 radical (unpaired) electrons. The van der Waals surface area contributed by atoms with Gasteiger partial charge in [0, 0.05) is 16.1 Å². The van der Waals surface area contributed by atoms with Crippen LogP contribution in [0.25, 0.3) is 0 Å². The Labute approximate surface area is 221 Å². The molecule has 1 amide bonds. The summed E-state index contributed by atoms with van der Waals surface area (Å²) >= 11 is 6.19. The Hall–Kier alpha value is -4.29. The summed E-state index contributed by atoms with van der Waals surface area (Å²) in [4.78, 5) is 12.7. The van der Waals surface area contributed by atoms with E-state index in [4.69, 9.17) is 25.8 Å². The fourth-order valence-electron chi connectivity index (χ4n) is 3.46. The molecule has 0 unspecified atom stereocenters. The number of halogens is 1. The molecule has 1 N–H and O–H groups in total. The van der Waals surface area contributed by atoms with Gasteiger partial charge in [-0.05, 0) is 54.4 Å². The fourth-order valence-corrected chi connectivity index (χ4v) is 3.65. The lowest BCUT2D eigenvalue weighted by molar-refractivity contribution is 0.0954. The van der Waals surface area contributed by atoms with Crippen molar-refractivity contribution < 1.29 is 19.0 Å². The van der Waals surface area contributed by atoms with Gasteiger partial charge >= 0.3 is 0 Å². The number of rotatable bonds is 11. The minimum atomic E-state index is -0.363. The van der Waals surface area contributed by atoms with Crippen molar-refractivity contribution in [1.29, 1.82) is 0 Å². The van der Waals surface area contributed by atoms with E-state index in [2.05, 4.69) is 10.5 Å². The van der Waals surface area contributed by atoms with E-state index in [1.54, 1.807) is 24.4 Å². The molecule has 0 heterocycles. The summed E-state index contributed by atoms with van der Waals surface area (Å²) in [5.41, 5.74) is 5.68. The third-order valence-electron chi connectivity index (χ3n) is 5.33. The molecule has 4 rings (SSSR count). The Morgan fingerprint density at radius 2 is 1.65 bits per heavy atom. The van der Waals surface area contributed by atoms with Gasteiger partial charge in [0.05, 0.1) is 12.8 Å². The Morgan fingerprint density at radius 1 is 0.838 bits per heavy atom. The van der Waals surface area contributed by atoms with Crippen LogP contribution in [-0.4, -0.2) is 18.7 Å². The van der Waals surface area contributed by atoms with Crippen molar-refractivity contribution in [3.8, 4) is 17.2 Å². The maximum Gasteiger partial charge on any atom is 0.271 e. The molecule has 0 atom stereocenters. The van der Waals surface area contributed by atoms with Crippen molar-refractivity contribution >= 4 is 23.7 Å². The largest absolute Gasteiger partial charge is 0.490 e. The maximum absolute atomic E-state index is 12.7. The number of hydrogen-bond acceptors (Lipinski definition) is 5. The summed E-state index contributed by atoms with van der Waals surface area (Å²) in [6, 6.07) is 29.8. The monoisotopic (exact) mass is 514 g/mol. The van der Waals surface area contributed by atoms with E-state index in [-0.39, 0.29) is 5.91 Å². The zero-order valence-corrected chi connectivity index (χ0v) is 21.2. The molecule has 7 heteroatoms. The highest BCUT2D eigenvalue weighted by Crippen LogP contribution is 2.29. The third kappa shape index (κ3) is 7.59. The summed E-state index contributed by atoms with van der Waals surface area (Å²) in [5, 5.41) is 4.75. The van der Waals surface area contributed by atoms with E-state index in [1.165, 1.54) is 0 Å². The van der Waals surface area contributed by atoms with E-state index in [0.717, 1.165) is 16.7 Å². The smallest absolute Gasteiger partial charge is 0.271 e. The Morgan fingerprint density at radius 3 is 2.46 bits per heavy atom. The molecule has 0 saturated carbocycles. The highest BCUT2D eigenvalue weighted by molar-refractivity contribution is 6.31. The van der Waals surface area contributed by atoms with E-state index in [0.29, 0.717) is 47.7 Å². The summed E-state index contributed by atoms with van der Waals surface area (Å²) in [6.07, 6.45) is 1.56. The van der Waals surface area contributed by atoms with Crippen LogP contribution in [0.2, 0.25) is 5.02 Å². The molecule has 0 fully saturated rings. The molecule has 4 aromatic carbocycles. The zero-order valence-electron chi connectivity index (χ0n) is 20.4. The molecule has 0 spiro atoms. The predicted octanol–water partition coefficient (Wildman–Crippen LogP) is 6.66. The number of ether oxygens (including phenoxy) is 3. The second kappa shape index (κ2) is 13.1. The number of nitrogens with one attached hydrogen (secondary N) is 1. The van der Waals surface area contributed by atoms with E-state index < -0.39 is 0 Å². The first-order chi connectivity index (χ1) is 18.1. The van der Waals surface area contributed by atoms with Crippen LogP contribution in [-0.2, 0) is 13.2 Å². The molecule has 0 saturated heterocycles. The third-order valence-corrected chi connectivity index (χ3v) is 5.70. The number of carbonyl (C=O) groups excluding carboxylic acids is 1. The summed E-state index contributed by atoms with van der Waals surface area (Å²) < 4.78 is 17.5. The van der Waals surface area contributed by atoms with Crippen molar-refractivity contribution in [3.63, 3.8) is 0 Å². The van der Waals surface area contributed by atoms with Crippen LogP contribution in [0.1, 0.15) is 34.0 Å². The van der Waals surface area contributed by atoms with Crippen molar-refractivity contribution in [1.82, 2.24) is 5.43 Å². The lowest BCUT2D eigenvalue weighted by Crippen LogP contribution is -2.17. The maximum atomic E-state index is 12.7. The van der Waals surface area contributed by atoms with Gasteiger partial charge in [-0.2, -0.15) is 5.10 Å². The predicted molar refractivity (Wildman–Crippen MR) is 146 cm³/mol. The van der Waals surface area contributed by atoms with Crippen LogP contribution < -0.4 is 19.6 Å². The second-order valence-electron chi connectivity index (χ2n) is 8.02. The van der Waals surface area contributed by atoms with Crippen LogP contribution in [0.15, 0.2) is 102 Å². The van der Waals surface area contributed by atoms with Crippen molar-refractivity contribution in [2.45, 2.75) is 20.1 Å². The van der Waals surface area contributed by atoms with Crippen molar-refractivity contribution in [2.75, 3.05) is 6.61 Å². The van der Waals surface area contributed by atoms with Gasteiger partial charge in [-0.15, -0.1) is 0 Å². The van der Waals surface area contributed by atoms with E-state index >= 15 is 0 Å². The van der Waals surface area contributed by atoms with E-state index in [9.17, 15) is 4.79 Å². The standard InChI is InChI=1S/C30H27ClN2O4/c1-2-35-29-18-24(15-16-28(29)37-20-22-9-4-3-5-10-22)30(34)33-32-19-23-11-8-13-26(17-23)36-21-25-12-6-7-14-27(25)31/h3-19H,2,20-21H2,1H3,(H,33,34)/b32-19+. The number of carbonyl (C=O) groups is 1. The summed E-state index contributed by atoms with van der Waals surface area (Å²) in [5.74, 6) is 1.37. The molecule has 0 aliphatic carbocycles. The normalized spacial score (nSPS) is 10.8. The number of amides is 1. The minimum Gasteiger partial charge on any atom is -0.490 e. The van der Waals surface area contributed by atoms with Crippen LogP contribution in [0, 0.1) is 0 Å². The topological polar surface area (TPSA) is 69.2 Å². The van der Waals surface area contributed by atoms with Crippen LogP contribution >= 0.6 is 11.6 Å². The first-order valence-electron chi connectivity index (χ1n) is 11.9. The Balaban J connectivity index is 1.35. The van der Waals surface area contributed by atoms with E-state index in [1.807, 2.05) is 85.8 Å². The zero-order chi connectivity index (χ0) is 25.9. The molecular formula is C30H27ClN2O4. The average Bonchev–Trinajstić information content (AvgIpc) is 2.93. The van der Waals surface area contributed by atoms with Crippen molar-refractivity contribution in [3.05, 3.63) is 124 Å². The lowest BCUT2D eigenvalue weighted by atomic mass is 10.2. The van der Waals surface area contributed by atoms with Gasteiger partial charge in [-0.1, -0.05) is 72.3 Å². The molecule has 0 aliphatic heterocycles. The lowest BCUT2D eigenvalue weighted by Gasteiger charge is -2.13. The van der Waals surface area contributed by atoms with Gasteiger partial charge in [0.2, 0.25) is 0 Å². The first-order valence-corrected chi connectivity index (χ1v) is 12.2. The van der Waals surface area contributed by atoms with Crippen molar-refractivity contribution in [2.24, 2.45) is 5.10 Å². The average molecular weight is 515 g/mol. The highest BCUT2D eigenvalue weighted by Gasteiger charge is 2.12. The van der Waals surface area contributed by atoms with Gasteiger partial charge in [0.1, 0.15) is 19.0 Å². The molecule has 188 valence electrons. The van der Waals surface area contributed by atoms with Gasteiger partial charge in [-0.3, -0.25) is 4.79 Å². The SMILES string of the molecule is CCOc1cc(C(=O)N/N=C/c2cccc(OCc3ccccc3Cl)c2)ccc1OCc1ccccc1. The molecule has 0 bridgehead atoms. The first kappa shape index (κ1) is 25.8. The molecule has 0 aliphatic rings. The molecule has 37 heavy (non-hydrogen) atoms. The summed E-state index contributed by atoms with van der Waals surface area (Å²) in [7, 11) is 0. The molecule has 0 aromatic heterocycles.